The second-order valence-electron chi connectivity index (χ2n) is 5.48. The normalized spacial score (nSPS) is 30.9. The van der Waals surface area contributed by atoms with Crippen molar-refractivity contribution in [2.45, 2.75) is 38.1 Å². The lowest BCUT2D eigenvalue weighted by Crippen LogP contribution is -2.43. The van der Waals surface area contributed by atoms with Crippen LogP contribution in [0.4, 0.5) is 0 Å². The van der Waals surface area contributed by atoms with Crippen LogP contribution < -0.4 is 5.32 Å². The molecule has 0 bridgehead atoms. The van der Waals surface area contributed by atoms with Crippen LogP contribution in [-0.4, -0.2) is 42.9 Å². The van der Waals surface area contributed by atoms with E-state index in [9.17, 15) is 18.0 Å². The van der Waals surface area contributed by atoms with Gasteiger partial charge in [0.1, 0.15) is 9.84 Å². The van der Waals surface area contributed by atoms with Crippen molar-refractivity contribution >= 4 is 21.7 Å². The Morgan fingerprint density at radius 1 is 1.00 bits per heavy atom. The molecule has 1 saturated heterocycles. The third-order valence-corrected chi connectivity index (χ3v) is 5.77. The van der Waals surface area contributed by atoms with Gasteiger partial charge in [-0.1, -0.05) is 0 Å². The number of carboxylic acid groups (broad SMARTS) is 1. The number of carbonyl (C=O) groups is 2. The lowest BCUT2D eigenvalue weighted by Gasteiger charge is -2.24. The van der Waals surface area contributed by atoms with Crippen molar-refractivity contribution in [1.29, 1.82) is 0 Å². The largest absolute Gasteiger partial charge is 0.481 e. The molecule has 1 heterocycles. The molecule has 0 radical (unpaired) electrons. The Labute approximate surface area is 112 Å². The number of aliphatic carboxylic acids is 1. The summed E-state index contributed by atoms with van der Waals surface area (Å²) in [6, 6.07) is -0.0834. The standard InChI is InChI=1S/C12H19NO5S/c14-11(8-1-2-9(7-8)12(15)16)13-10-3-5-19(17,18)6-4-10/h8-10H,1-7H2,(H,13,14)(H,15,16)/t8-,9+/m1/s1. The van der Waals surface area contributed by atoms with Crippen LogP contribution in [0, 0.1) is 11.8 Å². The van der Waals surface area contributed by atoms with E-state index in [1.54, 1.807) is 0 Å². The number of rotatable bonds is 3. The Hall–Kier alpha value is -1.11. The van der Waals surface area contributed by atoms with Gasteiger partial charge in [0.2, 0.25) is 5.91 Å². The first-order valence-electron chi connectivity index (χ1n) is 6.61. The van der Waals surface area contributed by atoms with E-state index in [2.05, 4.69) is 5.32 Å². The number of carbonyl (C=O) groups excluding carboxylic acids is 1. The van der Waals surface area contributed by atoms with Gasteiger partial charge < -0.3 is 10.4 Å². The molecule has 1 aliphatic heterocycles. The van der Waals surface area contributed by atoms with Crippen LogP contribution in [0.15, 0.2) is 0 Å². The summed E-state index contributed by atoms with van der Waals surface area (Å²) in [6.07, 6.45) is 2.47. The number of nitrogens with one attached hydrogen (secondary N) is 1. The molecule has 0 aromatic rings. The molecule has 2 fully saturated rings. The summed E-state index contributed by atoms with van der Waals surface area (Å²) < 4.78 is 22.6. The van der Waals surface area contributed by atoms with E-state index in [0.29, 0.717) is 32.1 Å². The molecule has 1 amide bonds. The summed E-state index contributed by atoms with van der Waals surface area (Å²) in [6.45, 7) is 0. The highest BCUT2D eigenvalue weighted by atomic mass is 32.2. The smallest absolute Gasteiger partial charge is 0.306 e. The lowest BCUT2D eigenvalue weighted by atomic mass is 10.0. The van der Waals surface area contributed by atoms with Gasteiger partial charge in [-0.05, 0) is 32.1 Å². The molecule has 1 saturated carbocycles. The van der Waals surface area contributed by atoms with E-state index in [-0.39, 0.29) is 29.4 Å². The number of amides is 1. The maximum Gasteiger partial charge on any atom is 0.306 e. The summed E-state index contributed by atoms with van der Waals surface area (Å²) in [5, 5.41) is 11.8. The molecule has 2 N–H and O–H groups in total. The minimum absolute atomic E-state index is 0.0834. The number of hydrogen-bond donors (Lipinski definition) is 2. The molecule has 7 heteroatoms. The molecule has 1 aliphatic carbocycles. The summed E-state index contributed by atoms with van der Waals surface area (Å²) in [5.74, 6) is -1.35. The highest BCUT2D eigenvalue weighted by molar-refractivity contribution is 7.91. The second-order valence-corrected chi connectivity index (χ2v) is 7.78. The first-order valence-corrected chi connectivity index (χ1v) is 8.43. The predicted octanol–water partition coefficient (Wildman–Crippen LogP) is 0.181. The summed E-state index contributed by atoms with van der Waals surface area (Å²) >= 11 is 0. The van der Waals surface area contributed by atoms with Crippen molar-refractivity contribution in [3.63, 3.8) is 0 Å². The van der Waals surface area contributed by atoms with Crippen LogP contribution in [-0.2, 0) is 19.4 Å². The third-order valence-electron chi connectivity index (χ3n) is 4.05. The van der Waals surface area contributed by atoms with Gasteiger partial charge in [-0.2, -0.15) is 0 Å². The van der Waals surface area contributed by atoms with Crippen LogP contribution >= 0.6 is 0 Å². The molecule has 0 aromatic heterocycles. The van der Waals surface area contributed by atoms with E-state index in [1.807, 2.05) is 0 Å². The van der Waals surface area contributed by atoms with Crippen molar-refractivity contribution in [3.05, 3.63) is 0 Å². The SMILES string of the molecule is O=C(O)[C@H]1CC[C@@H](C(=O)NC2CCS(=O)(=O)CC2)C1. The van der Waals surface area contributed by atoms with Gasteiger partial charge in [0.15, 0.2) is 0 Å². The maximum absolute atomic E-state index is 12.0. The second kappa shape index (κ2) is 5.48. The van der Waals surface area contributed by atoms with Gasteiger partial charge >= 0.3 is 5.97 Å². The van der Waals surface area contributed by atoms with Crippen LogP contribution in [0.5, 0.6) is 0 Å². The third kappa shape index (κ3) is 3.68. The van der Waals surface area contributed by atoms with Crippen molar-refractivity contribution < 1.29 is 23.1 Å². The summed E-state index contributed by atoms with van der Waals surface area (Å²) in [7, 11) is -2.92. The van der Waals surface area contributed by atoms with Gasteiger partial charge in [0.05, 0.1) is 17.4 Å². The van der Waals surface area contributed by atoms with Crippen molar-refractivity contribution in [2.75, 3.05) is 11.5 Å². The Kier molecular flexibility index (Phi) is 4.13. The zero-order valence-corrected chi connectivity index (χ0v) is 11.5. The van der Waals surface area contributed by atoms with E-state index >= 15 is 0 Å². The molecular weight excluding hydrogens is 270 g/mol. The molecular formula is C12H19NO5S. The monoisotopic (exact) mass is 289 g/mol. The van der Waals surface area contributed by atoms with Crippen LogP contribution in [0.2, 0.25) is 0 Å². The highest BCUT2D eigenvalue weighted by Crippen LogP contribution is 2.31. The first kappa shape index (κ1) is 14.3. The van der Waals surface area contributed by atoms with Crippen molar-refractivity contribution in [2.24, 2.45) is 11.8 Å². The molecule has 0 unspecified atom stereocenters. The summed E-state index contributed by atoms with van der Waals surface area (Å²) in [4.78, 5) is 22.8. The molecule has 0 aromatic carbocycles. The van der Waals surface area contributed by atoms with E-state index in [0.717, 1.165) is 0 Å². The van der Waals surface area contributed by atoms with Crippen LogP contribution in [0.25, 0.3) is 0 Å². The topological polar surface area (TPSA) is 101 Å². The molecule has 19 heavy (non-hydrogen) atoms. The fourth-order valence-electron chi connectivity index (χ4n) is 2.80. The fraction of sp³-hybridized carbons (Fsp3) is 0.833. The van der Waals surface area contributed by atoms with Gasteiger partial charge in [-0.3, -0.25) is 9.59 Å². The Morgan fingerprint density at radius 3 is 2.11 bits per heavy atom. The van der Waals surface area contributed by atoms with E-state index in [4.69, 9.17) is 5.11 Å². The maximum atomic E-state index is 12.0. The van der Waals surface area contributed by atoms with Crippen molar-refractivity contribution in [1.82, 2.24) is 5.32 Å². The van der Waals surface area contributed by atoms with E-state index < -0.39 is 21.7 Å². The Morgan fingerprint density at radius 2 is 1.58 bits per heavy atom. The minimum Gasteiger partial charge on any atom is -0.481 e. The molecule has 0 spiro atoms. The number of sulfone groups is 1. The van der Waals surface area contributed by atoms with Crippen LogP contribution in [0.3, 0.4) is 0 Å². The minimum atomic E-state index is -2.92. The van der Waals surface area contributed by atoms with E-state index in [1.165, 1.54) is 0 Å². The number of hydrogen-bond acceptors (Lipinski definition) is 4. The van der Waals surface area contributed by atoms with Gasteiger partial charge in [0.25, 0.3) is 0 Å². The molecule has 2 aliphatic rings. The Balaban J connectivity index is 1.81. The average Bonchev–Trinajstić information content (AvgIpc) is 2.81. The fourth-order valence-corrected chi connectivity index (χ4v) is 4.29. The molecule has 6 nitrogen and oxygen atoms in total. The van der Waals surface area contributed by atoms with Crippen LogP contribution in [0.1, 0.15) is 32.1 Å². The highest BCUT2D eigenvalue weighted by Gasteiger charge is 2.35. The lowest BCUT2D eigenvalue weighted by molar-refractivity contribution is -0.141. The van der Waals surface area contributed by atoms with Gasteiger partial charge in [-0.25, -0.2) is 8.42 Å². The number of carboxylic acids is 1. The first-order chi connectivity index (χ1) is 8.87. The van der Waals surface area contributed by atoms with Gasteiger partial charge in [-0.15, -0.1) is 0 Å². The predicted molar refractivity (Wildman–Crippen MR) is 68.3 cm³/mol. The molecule has 2 rings (SSSR count). The van der Waals surface area contributed by atoms with Gasteiger partial charge in [0, 0.05) is 12.0 Å². The Bertz CT molecular complexity index is 459. The van der Waals surface area contributed by atoms with Crippen molar-refractivity contribution in [3.8, 4) is 0 Å². The zero-order valence-electron chi connectivity index (χ0n) is 10.7. The quantitative estimate of drug-likeness (QED) is 0.772. The summed E-state index contributed by atoms with van der Waals surface area (Å²) in [5.41, 5.74) is 0. The molecule has 2 atom stereocenters. The average molecular weight is 289 g/mol. The molecule has 108 valence electrons. The zero-order chi connectivity index (χ0) is 14.0.